The minimum Gasteiger partial charge on any atom is -0.347 e. The maximum Gasteiger partial charge on any atom is 0.251 e. The standard InChI is InChI=1S/C18H21ClN2O/c1-5-18(3,4)21-17(22)14-10-12(2)20-16(11-14)13-6-8-15(19)9-7-13/h6-11H,5H2,1-4H3,(H,21,22). The van der Waals surface area contributed by atoms with Crippen molar-refractivity contribution in [2.45, 2.75) is 39.7 Å². The molecule has 1 heterocycles. The molecule has 22 heavy (non-hydrogen) atoms. The van der Waals surface area contributed by atoms with Gasteiger partial charge in [0.2, 0.25) is 0 Å². The molecule has 116 valence electrons. The summed E-state index contributed by atoms with van der Waals surface area (Å²) in [5.41, 5.74) is 2.92. The minimum absolute atomic E-state index is 0.0763. The van der Waals surface area contributed by atoms with E-state index in [1.54, 1.807) is 6.07 Å². The highest BCUT2D eigenvalue weighted by atomic mass is 35.5. The van der Waals surface area contributed by atoms with Gasteiger partial charge in [-0.25, -0.2) is 0 Å². The summed E-state index contributed by atoms with van der Waals surface area (Å²) in [7, 11) is 0. The molecule has 0 saturated heterocycles. The van der Waals surface area contributed by atoms with Crippen LogP contribution in [0.15, 0.2) is 36.4 Å². The van der Waals surface area contributed by atoms with Gasteiger partial charge in [-0.15, -0.1) is 0 Å². The molecule has 0 aliphatic carbocycles. The van der Waals surface area contributed by atoms with Crippen molar-refractivity contribution >= 4 is 17.5 Å². The van der Waals surface area contributed by atoms with E-state index < -0.39 is 0 Å². The van der Waals surface area contributed by atoms with Gasteiger partial charge in [0.1, 0.15) is 0 Å². The molecular formula is C18H21ClN2O. The zero-order chi connectivity index (χ0) is 16.3. The number of pyridine rings is 1. The van der Waals surface area contributed by atoms with Crippen LogP contribution in [0.4, 0.5) is 0 Å². The van der Waals surface area contributed by atoms with Crippen LogP contribution in [-0.4, -0.2) is 16.4 Å². The van der Waals surface area contributed by atoms with E-state index in [9.17, 15) is 4.79 Å². The number of halogens is 1. The Morgan fingerprint density at radius 3 is 2.45 bits per heavy atom. The number of hydrogen-bond donors (Lipinski definition) is 1. The number of benzene rings is 1. The molecule has 0 fully saturated rings. The molecule has 1 N–H and O–H groups in total. The molecule has 0 bridgehead atoms. The summed E-state index contributed by atoms with van der Waals surface area (Å²) in [4.78, 5) is 17.0. The fraction of sp³-hybridized carbons (Fsp3) is 0.333. The van der Waals surface area contributed by atoms with Crippen molar-refractivity contribution < 1.29 is 4.79 Å². The van der Waals surface area contributed by atoms with Gasteiger partial charge in [0.25, 0.3) is 5.91 Å². The van der Waals surface area contributed by atoms with Gasteiger partial charge >= 0.3 is 0 Å². The van der Waals surface area contributed by atoms with Gasteiger partial charge in [-0.1, -0.05) is 30.7 Å². The summed E-state index contributed by atoms with van der Waals surface area (Å²) >= 11 is 5.92. The second-order valence-electron chi connectivity index (χ2n) is 6.08. The lowest BCUT2D eigenvalue weighted by atomic mass is 10.0. The third-order valence-corrected chi connectivity index (χ3v) is 3.94. The van der Waals surface area contributed by atoms with Crippen LogP contribution in [0.5, 0.6) is 0 Å². The average molecular weight is 317 g/mol. The first-order chi connectivity index (χ1) is 10.3. The molecule has 0 saturated carbocycles. The highest BCUT2D eigenvalue weighted by molar-refractivity contribution is 6.30. The van der Waals surface area contributed by atoms with Crippen molar-refractivity contribution in [3.05, 3.63) is 52.7 Å². The fourth-order valence-electron chi connectivity index (χ4n) is 2.04. The Bertz CT molecular complexity index is 678. The van der Waals surface area contributed by atoms with Gasteiger partial charge in [-0.05, 0) is 51.5 Å². The highest BCUT2D eigenvalue weighted by Crippen LogP contribution is 2.22. The first kappa shape index (κ1) is 16.5. The van der Waals surface area contributed by atoms with Crippen molar-refractivity contribution in [3.8, 4) is 11.3 Å². The third kappa shape index (κ3) is 4.08. The lowest BCUT2D eigenvalue weighted by Gasteiger charge is -2.24. The van der Waals surface area contributed by atoms with Crippen LogP contribution in [0.3, 0.4) is 0 Å². The van der Waals surface area contributed by atoms with Gasteiger partial charge < -0.3 is 5.32 Å². The van der Waals surface area contributed by atoms with Crippen LogP contribution in [0.1, 0.15) is 43.2 Å². The summed E-state index contributed by atoms with van der Waals surface area (Å²) in [6.45, 7) is 7.97. The Labute approximate surface area is 136 Å². The van der Waals surface area contributed by atoms with Gasteiger partial charge in [-0.2, -0.15) is 0 Å². The molecule has 0 atom stereocenters. The fourth-order valence-corrected chi connectivity index (χ4v) is 2.16. The SMILES string of the molecule is CCC(C)(C)NC(=O)c1cc(C)nc(-c2ccc(Cl)cc2)c1. The largest absolute Gasteiger partial charge is 0.347 e. The number of amides is 1. The molecule has 0 spiro atoms. The summed E-state index contributed by atoms with van der Waals surface area (Å²) in [5.74, 6) is -0.0763. The molecule has 1 amide bonds. The molecule has 0 aliphatic rings. The van der Waals surface area contributed by atoms with Gasteiger partial charge in [0, 0.05) is 27.4 Å². The van der Waals surface area contributed by atoms with Crippen molar-refractivity contribution in [2.75, 3.05) is 0 Å². The molecule has 2 aromatic rings. The van der Waals surface area contributed by atoms with Crippen molar-refractivity contribution in [1.82, 2.24) is 10.3 Å². The predicted molar refractivity (Wildman–Crippen MR) is 91.3 cm³/mol. The van der Waals surface area contributed by atoms with E-state index in [1.807, 2.05) is 51.1 Å². The van der Waals surface area contributed by atoms with Crippen LogP contribution >= 0.6 is 11.6 Å². The van der Waals surface area contributed by atoms with E-state index in [0.717, 1.165) is 23.4 Å². The summed E-state index contributed by atoms with van der Waals surface area (Å²) in [5, 5.41) is 3.73. The van der Waals surface area contributed by atoms with E-state index in [2.05, 4.69) is 17.2 Å². The van der Waals surface area contributed by atoms with Crippen molar-refractivity contribution in [1.29, 1.82) is 0 Å². The molecule has 1 aromatic carbocycles. The second-order valence-corrected chi connectivity index (χ2v) is 6.52. The summed E-state index contributed by atoms with van der Waals surface area (Å²) in [6, 6.07) is 11.1. The third-order valence-electron chi connectivity index (χ3n) is 3.69. The predicted octanol–water partition coefficient (Wildman–Crippen LogP) is 4.63. The van der Waals surface area contributed by atoms with Crippen LogP contribution < -0.4 is 5.32 Å². The maximum absolute atomic E-state index is 12.4. The minimum atomic E-state index is -0.227. The van der Waals surface area contributed by atoms with Gasteiger partial charge in [0.15, 0.2) is 0 Å². The van der Waals surface area contributed by atoms with Crippen LogP contribution in [0, 0.1) is 6.92 Å². The molecule has 1 aromatic heterocycles. The maximum atomic E-state index is 12.4. The second kappa shape index (κ2) is 6.49. The number of nitrogens with one attached hydrogen (secondary N) is 1. The van der Waals surface area contributed by atoms with Crippen molar-refractivity contribution in [2.24, 2.45) is 0 Å². The first-order valence-electron chi connectivity index (χ1n) is 7.38. The molecule has 0 radical (unpaired) electrons. The number of aryl methyl sites for hydroxylation is 1. The first-order valence-corrected chi connectivity index (χ1v) is 7.76. The summed E-state index contributed by atoms with van der Waals surface area (Å²) in [6.07, 6.45) is 0.868. The van der Waals surface area contributed by atoms with E-state index >= 15 is 0 Å². The average Bonchev–Trinajstić information content (AvgIpc) is 2.47. The quantitative estimate of drug-likeness (QED) is 0.893. The smallest absolute Gasteiger partial charge is 0.251 e. The summed E-state index contributed by atoms with van der Waals surface area (Å²) < 4.78 is 0. The Hall–Kier alpha value is -1.87. The van der Waals surface area contributed by atoms with Gasteiger partial charge in [-0.3, -0.25) is 9.78 Å². The van der Waals surface area contributed by atoms with Crippen LogP contribution in [0.2, 0.25) is 5.02 Å². The molecule has 4 heteroatoms. The van der Waals surface area contributed by atoms with E-state index in [0.29, 0.717) is 10.6 Å². The zero-order valence-corrected chi connectivity index (χ0v) is 14.2. The Morgan fingerprint density at radius 1 is 1.23 bits per heavy atom. The lowest BCUT2D eigenvalue weighted by Crippen LogP contribution is -2.42. The number of carbonyl (C=O) groups is 1. The normalized spacial score (nSPS) is 11.3. The van der Waals surface area contributed by atoms with Crippen molar-refractivity contribution in [3.63, 3.8) is 0 Å². The van der Waals surface area contributed by atoms with E-state index in [4.69, 9.17) is 11.6 Å². The monoisotopic (exact) mass is 316 g/mol. The Morgan fingerprint density at radius 2 is 1.86 bits per heavy atom. The molecule has 3 nitrogen and oxygen atoms in total. The molecular weight excluding hydrogens is 296 g/mol. The van der Waals surface area contributed by atoms with Crippen LogP contribution in [0.25, 0.3) is 11.3 Å². The van der Waals surface area contributed by atoms with Gasteiger partial charge in [0.05, 0.1) is 5.69 Å². The highest BCUT2D eigenvalue weighted by Gasteiger charge is 2.19. The molecule has 0 aliphatic heterocycles. The van der Waals surface area contributed by atoms with E-state index in [-0.39, 0.29) is 11.4 Å². The molecule has 0 unspecified atom stereocenters. The Balaban J connectivity index is 2.34. The number of rotatable bonds is 4. The number of nitrogens with zero attached hydrogens (tertiary/aromatic N) is 1. The number of carbonyl (C=O) groups excluding carboxylic acids is 1. The van der Waals surface area contributed by atoms with E-state index in [1.165, 1.54) is 0 Å². The zero-order valence-electron chi connectivity index (χ0n) is 13.4. The number of hydrogen-bond acceptors (Lipinski definition) is 2. The Kier molecular flexibility index (Phi) is 4.87. The topological polar surface area (TPSA) is 42.0 Å². The number of aromatic nitrogens is 1. The molecule has 2 rings (SSSR count). The van der Waals surface area contributed by atoms with Crippen LogP contribution in [-0.2, 0) is 0 Å². The lowest BCUT2D eigenvalue weighted by molar-refractivity contribution is 0.0911.